The van der Waals surface area contributed by atoms with E-state index in [1.165, 1.54) is 12.8 Å². The Morgan fingerprint density at radius 1 is 1.35 bits per heavy atom. The van der Waals surface area contributed by atoms with Crippen LogP contribution in [0.4, 0.5) is 0 Å². The molecule has 0 bridgehead atoms. The van der Waals surface area contributed by atoms with Gasteiger partial charge >= 0.3 is 0 Å². The zero-order valence-corrected chi connectivity index (χ0v) is 16.1. The first-order valence-corrected chi connectivity index (χ1v) is 9.76. The van der Waals surface area contributed by atoms with Gasteiger partial charge in [0, 0.05) is 63.8 Å². The monoisotopic (exact) mass is 362 g/mol. The van der Waals surface area contributed by atoms with Crippen molar-refractivity contribution >= 4 is 5.91 Å². The lowest BCUT2D eigenvalue weighted by atomic mass is 9.73. The highest BCUT2D eigenvalue weighted by atomic mass is 16.5. The summed E-state index contributed by atoms with van der Waals surface area (Å²) in [5.41, 5.74) is 3.02. The van der Waals surface area contributed by atoms with E-state index in [0.29, 0.717) is 11.1 Å². The smallest absolute Gasteiger partial charge is 0.274 e. The quantitative estimate of drug-likeness (QED) is 0.881. The molecule has 1 N–H and O–H groups in total. The molecular weight excluding hydrogens is 332 g/mol. The van der Waals surface area contributed by atoms with Gasteiger partial charge in [-0.05, 0) is 26.7 Å². The highest BCUT2D eigenvalue weighted by Crippen LogP contribution is 2.39. The number of likely N-dealkylation sites (N-methyl/N-ethyl adjacent to an activating group) is 1. The number of likely N-dealkylation sites (tertiary alicyclic amines) is 1. The molecule has 0 aromatic carbocycles. The maximum atomic E-state index is 12.9. The summed E-state index contributed by atoms with van der Waals surface area (Å²) >= 11 is 0. The standard InChI is InChI=1S/C19H30N4O3/c1-13-10-15-16(14(2)26-13)20-21-17(15)18(24)22(3)6-7-23-11-19(12-23)4-8-25-9-5-19/h13-14H,4-12H2,1-3H3,(H,20,21)/t13-,14+/m1/s1. The van der Waals surface area contributed by atoms with Crippen LogP contribution in [-0.4, -0.2) is 78.4 Å². The third-order valence-electron chi connectivity index (χ3n) is 6.21. The van der Waals surface area contributed by atoms with Crippen LogP contribution in [0.3, 0.4) is 0 Å². The van der Waals surface area contributed by atoms with Crippen LogP contribution in [0.2, 0.25) is 0 Å². The minimum absolute atomic E-state index is 0.00473. The first-order chi connectivity index (χ1) is 12.5. The van der Waals surface area contributed by atoms with Gasteiger partial charge in [-0.3, -0.25) is 9.89 Å². The SMILES string of the molecule is C[C@@H]1Cc2c(C(=O)N(C)CCN3CC4(CCOCC4)C3)n[nH]c2[C@H](C)O1. The van der Waals surface area contributed by atoms with Crippen LogP contribution in [0.5, 0.6) is 0 Å². The molecule has 2 saturated heterocycles. The van der Waals surface area contributed by atoms with Gasteiger partial charge in [-0.1, -0.05) is 0 Å². The molecule has 0 saturated carbocycles. The molecule has 0 unspecified atom stereocenters. The van der Waals surface area contributed by atoms with Crippen molar-refractivity contribution in [2.45, 2.75) is 45.3 Å². The molecule has 26 heavy (non-hydrogen) atoms. The first kappa shape index (κ1) is 17.9. The third-order valence-corrected chi connectivity index (χ3v) is 6.21. The second-order valence-electron chi connectivity index (χ2n) is 8.31. The molecule has 3 aliphatic heterocycles. The van der Waals surface area contributed by atoms with E-state index in [1.807, 2.05) is 20.9 Å². The minimum Gasteiger partial charge on any atom is -0.381 e. The fraction of sp³-hybridized carbons (Fsp3) is 0.789. The van der Waals surface area contributed by atoms with Gasteiger partial charge in [-0.15, -0.1) is 0 Å². The summed E-state index contributed by atoms with van der Waals surface area (Å²) in [6.07, 6.45) is 3.17. The van der Waals surface area contributed by atoms with Crippen molar-refractivity contribution in [1.82, 2.24) is 20.0 Å². The number of nitrogens with one attached hydrogen (secondary N) is 1. The fourth-order valence-electron chi connectivity index (χ4n) is 4.61. The highest BCUT2D eigenvalue weighted by Gasteiger charge is 2.43. The number of amides is 1. The van der Waals surface area contributed by atoms with Gasteiger partial charge in [0.15, 0.2) is 5.69 Å². The second-order valence-corrected chi connectivity index (χ2v) is 8.31. The van der Waals surface area contributed by atoms with Crippen molar-refractivity contribution in [2.75, 3.05) is 46.4 Å². The van der Waals surface area contributed by atoms with Crippen molar-refractivity contribution in [3.05, 3.63) is 17.0 Å². The fourth-order valence-corrected chi connectivity index (χ4v) is 4.61. The summed E-state index contributed by atoms with van der Waals surface area (Å²) in [5, 5.41) is 7.32. The summed E-state index contributed by atoms with van der Waals surface area (Å²) in [4.78, 5) is 17.1. The number of hydrogen-bond donors (Lipinski definition) is 1. The van der Waals surface area contributed by atoms with E-state index in [1.54, 1.807) is 4.90 Å². The molecule has 4 heterocycles. The number of nitrogens with zero attached hydrogens (tertiary/aromatic N) is 3. The molecule has 144 valence electrons. The molecular formula is C19H30N4O3. The molecule has 2 atom stereocenters. The number of aromatic nitrogens is 2. The maximum absolute atomic E-state index is 12.9. The summed E-state index contributed by atoms with van der Waals surface area (Å²) in [5.74, 6) is 0.00473. The Kier molecular flexibility index (Phi) is 4.79. The minimum atomic E-state index is -0.0372. The zero-order valence-electron chi connectivity index (χ0n) is 16.1. The van der Waals surface area contributed by atoms with Crippen LogP contribution in [0.15, 0.2) is 0 Å². The van der Waals surface area contributed by atoms with E-state index in [2.05, 4.69) is 15.1 Å². The van der Waals surface area contributed by atoms with Gasteiger partial charge in [-0.25, -0.2) is 0 Å². The Bertz CT molecular complexity index is 660. The summed E-state index contributed by atoms with van der Waals surface area (Å²) in [7, 11) is 1.87. The van der Waals surface area contributed by atoms with Gasteiger partial charge in [0.25, 0.3) is 5.91 Å². The molecule has 7 nitrogen and oxygen atoms in total. The van der Waals surface area contributed by atoms with Crippen LogP contribution in [0.1, 0.15) is 54.5 Å². The maximum Gasteiger partial charge on any atom is 0.274 e. The van der Waals surface area contributed by atoms with Crippen LogP contribution in [0, 0.1) is 5.41 Å². The third kappa shape index (κ3) is 3.28. The Morgan fingerprint density at radius 2 is 2.08 bits per heavy atom. The zero-order chi connectivity index (χ0) is 18.3. The number of carbonyl (C=O) groups excluding carboxylic acids is 1. The molecule has 7 heteroatoms. The molecule has 0 aliphatic carbocycles. The van der Waals surface area contributed by atoms with Gasteiger partial charge < -0.3 is 19.3 Å². The molecule has 1 aromatic heterocycles. The lowest BCUT2D eigenvalue weighted by Crippen LogP contribution is -2.59. The van der Waals surface area contributed by atoms with Gasteiger partial charge in [0.2, 0.25) is 0 Å². The second kappa shape index (κ2) is 6.94. The van der Waals surface area contributed by atoms with E-state index in [0.717, 1.165) is 57.1 Å². The predicted molar refractivity (Wildman–Crippen MR) is 97.1 cm³/mol. The van der Waals surface area contributed by atoms with E-state index < -0.39 is 0 Å². The van der Waals surface area contributed by atoms with E-state index in [4.69, 9.17) is 9.47 Å². The first-order valence-electron chi connectivity index (χ1n) is 9.76. The van der Waals surface area contributed by atoms with Gasteiger partial charge in [-0.2, -0.15) is 5.10 Å². The number of carbonyl (C=O) groups is 1. The molecule has 2 fully saturated rings. The number of hydrogen-bond acceptors (Lipinski definition) is 5. The number of H-pyrrole nitrogens is 1. The van der Waals surface area contributed by atoms with E-state index in [-0.39, 0.29) is 18.1 Å². The highest BCUT2D eigenvalue weighted by molar-refractivity contribution is 5.94. The van der Waals surface area contributed by atoms with Crippen molar-refractivity contribution in [1.29, 1.82) is 0 Å². The van der Waals surface area contributed by atoms with Crippen molar-refractivity contribution in [3.8, 4) is 0 Å². The Labute approximate surface area is 155 Å². The van der Waals surface area contributed by atoms with E-state index in [9.17, 15) is 4.79 Å². The molecule has 1 spiro atoms. The normalized spacial score (nSPS) is 27.8. The molecule has 4 rings (SSSR count). The van der Waals surface area contributed by atoms with E-state index >= 15 is 0 Å². The van der Waals surface area contributed by atoms with Gasteiger partial charge in [0.1, 0.15) is 0 Å². The number of fused-ring (bicyclic) bond motifs is 1. The Morgan fingerprint density at radius 3 is 2.81 bits per heavy atom. The molecule has 0 radical (unpaired) electrons. The largest absolute Gasteiger partial charge is 0.381 e. The Balaban J connectivity index is 1.32. The molecule has 1 amide bonds. The number of ether oxygens (including phenoxy) is 2. The van der Waals surface area contributed by atoms with Crippen LogP contribution in [0.25, 0.3) is 0 Å². The van der Waals surface area contributed by atoms with Gasteiger partial charge in [0.05, 0.1) is 17.9 Å². The lowest BCUT2D eigenvalue weighted by Gasteiger charge is -2.52. The molecule has 3 aliphatic rings. The van der Waals surface area contributed by atoms with Crippen molar-refractivity contribution < 1.29 is 14.3 Å². The number of rotatable bonds is 4. The van der Waals surface area contributed by atoms with Crippen molar-refractivity contribution in [3.63, 3.8) is 0 Å². The molecule has 1 aromatic rings. The number of aromatic amines is 1. The summed E-state index contributed by atoms with van der Waals surface area (Å²) in [6.45, 7) is 9.78. The van der Waals surface area contributed by atoms with Crippen LogP contribution >= 0.6 is 0 Å². The predicted octanol–water partition coefficient (Wildman–Crippen LogP) is 1.62. The van der Waals surface area contributed by atoms with Crippen LogP contribution in [-0.2, 0) is 15.9 Å². The summed E-state index contributed by atoms with van der Waals surface area (Å²) in [6, 6.07) is 0. The van der Waals surface area contributed by atoms with Crippen LogP contribution < -0.4 is 0 Å². The van der Waals surface area contributed by atoms with Crippen molar-refractivity contribution in [2.24, 2.45) is 5.41 Å². The summed E-state index contributed by atoms with van der Waals surface area (Å²) < 4.78 is 11.3. The topological polar surface area (TPSA) is 70.7 Å². The average Bonchev–Trinajstić information content (AvgIpc) is 3.02. The lowest BCUT2D eigenvalue weighted by molar-refractivity contribution is -0.0811. The average molecular weight is 362 g/mol. The Hall–Kier alpha value is -1.44.